The Labute approximate surface area is 158 Å². The molecule has 0 atom stereocenters. The first kappa shape index (κ1) is 18.3. The topological polar surface area (TPSA) is 115 Å². The maximum absolute atomic E-state index is 10.7. The Hall–Kier alpha value is -3.53. The maximum atomic E-state index is 10.7. The van der Waals surface area contributed by atoms with Gasteiger partial charge >= 0.3 is 6.09 Å². The maximum Gasteiger partial charge on any atom is 0.410 e. The third-order valence-electron chi connectivity index (χ3n) is 3.47. The molecular weight excluding hydrogens is 370 g/mol. The Balaban J connectivity index is 1.84. The lowest BCUT2D eigenvalue weighted by Gasteiger charge is -2.06. The van der Waals surface area contributed by atoms with Crippen LogP contribution in [0.2, 0.25) is 0 Å². The predicted molar refractivity (Wildman–Crippen MR) is 99.1 cm³/mol. The molecule has 1 amide bonds. The molecule has 0 aliphatic rings. The molecule has 3 aromatic rings. The van der Waals surface area contributed by atoms with Gasteiger partial charge in [0.15, 0.2) is 12.3 Å². The number of pyridine rings is 1. The van der Waals surface area contributed by atoms with Crippen molar-refractivity contribution in [2.75, 3.05) is 5.32 Å². The van der Waals surface area contributed by atoms with Crippen LogP contribution in [-0.4, -0.2) is 31.6 Å². The average molecular weight is 385 g/mol. The van der Waals surface area contributed by atoms with Crippen LogP contribution < -0.4 is 5.32 Å². The summed E-state index contributed by atoms with van der Waals surface area (Å²) in [5.41, 5.74) is 1.72. The first-order chi connectivity index (χ1) is 13.0. The predicted octanol–water partition coefficient (Wildman–Crippen LogP) is 3.20. The van der Waals surface area contributed by atoms with Gasteiger partial charge in [-0.1, -0.05) is 46.7 Å². The fourth-order valence-electron chi connectivity index (χ4n) is 2.21. The van der Waals surface area contributed by atoms with Crippen molar-refractivity contribution in [3.63, 3.8) is 0 Å². The van der Waals surface area contributed by atoms with Crippen molar-refractivity contribution in [2.24, 2.45) is 12.2 Å². The molecule has 0 radical (unpaired) electrons. The smallest absolute Gasteiger partial charge is 0.410 e. The van der Waals surface area contributed by atoms with E-state index >= 15 is 0 Å². The van der Waals surface area contributed by atoms with Crippen molar-refractivity contribution in [1.29, 1.82) is 0 Å². The summed E-state index contributed by atoms with van der Waals surface area (Å²) < 4.78 is 6.61. The molecule has 27 heavy (non-hydrogen) atoms. The van der Waals surface area contributed by atoms with Gasteiger partial charge in [0.25, 0.3) is 4.84 Å². The number of hydrogen-bond acceptors (Lipinski definition) is 7. The van der Waals surface area contributed by atoms with Crippen molar-refractivity contribution in [1.82, 2.24) is 14.7 Å². The molecule has 0 bridgehead atoms. The van der Waals surface area contributed by atoms with Crippen molar-refractivity contribution in [3.8, 4) is 0 Å². The zero-order valence-electron chi connectivity index (χ0n) is 14.2. The minimum absolute atomic E-state index is 0.0355. The highest BCUT2D eigenvalue weighted by Gasteiger charge is 2.16. The molecule has 0 unspecified atom stereocenters. The van der Waals surface area contributed by atoms with E-state index in [-0.39, 0.29) is 17.3 Å². The average Bonchev–Trinajstić information content (AvgIpc) is 2.98. The number of nitrogens with one attached hydrogen (secondary N) is 1. The molecular formula is C17H15N5O4S. The normalized spacial score (nSPS) is 11.2. The molecule has 0 fully saturated rings. The van der Waals surface area contributed by atoms with E-state index in [1.807, 2.05) is 30.3 Å². The Morgan fingerprint density at radius 3 is 2.74 bits per heavy atom. The van der Waals surface area contributed by atoms with Gasteiger partial charge in [0.1, 0.15) is 5.82 Å². The Morgan fingerprint density at radius 2 is 2.07 bits per heavy atom. The van der Waals surface area contributed by atoms with E-state index in [1.165, 1.54) is 6.07 Å². The summed E-state index contributed by atoms with van der Waals surface area (Å²) in [6.45, 7) is 0.0355. The lowest BCUT2D eigenvalue weighted by molar-refractivity contribution is 0.128. The van der Waals surface area contributed by atoms with Crippen LogP contribution in [0.5, 0.6) is 0 Å². The number of aromatic nitrogens is 3. The van der Waals surface area contributed by atoms with Crippen LogP contribution >= 0.6 is 12.2 Å². The van der Waals surface area contributed by atoms with Crippen LogP contribution in [0, 0.1) is 4.84 Å². The summed E-state index contributed by atoms with van der Waals surface area (Å²) >= 11 is 5.05. The number of nitrogens with zero attached hydrogens (tertiary/aromatic N) is 4. The van der Waals surface area contributed by atoms with Crippen molar-refractivity contribution < 1.29 is 19.3 Å². The molecule has 10 heteroatoms. The summed E-state index contributed by atoms with van der Waals surface area (Å²) in [5, 5.41) is 19.1. The van der Waals surface area contributed by atoms with Gasteiger partial charge in [0.2, 0.25) is 5.82 Å². The number of anilines is 1. The van der Waals surface area contributed by atoms with E-state index in [9.17, 15) is 4.79 Å². The Kier molecular flexibility index (Phi) is 5.57. The van der Waals surface area contributed by atoms with Crippen LogP contribution in [0.1, 0.15) is 17.1 Å². The fourth-order valence-corrected chi connectivity index (χ4v) is 2.34. The number of hydrogen-bond donors (Lipinski definition) is 2. The van der Waals surface area contributed by atoms with Gasteiger partial charge < -0.3 is 14.5 Å². The molecule has 2 N–H and O–H groups in total. The molecule has 2 heterocycles. The second-order valence-corrected chi connectivity index (χ2v) is 5.70. The van der Waals surface area contributed by atoms with Crippen LogP contribution in [0.15, 0.2) is 58.2 Å². The minimum Gasteiger partial charge on any atom is -0.465 e. The molecule has 0 saturated carbocycles. The number of benzene rings is 1. The highest BCUT2D eigenvalue weighted by molar-refractivity contribution is 7.71. The quantitative estimate of drug-likeness (QED) is 0.380. The van der Waals surface area contributed by atoms with E-state index in [2.05, 4.69) is 20.6 Å². The molecule has 1 aromatic carbocycles. The molecule has 0 saturated heterocycles. The lowest BCUT2D eigenvalue weighted by Crippen LogP contribution is -2.12. The third-order valence-corrected chi connectivity index (χ3v) is 3.82. The third kappa shape index (κ3) is 4.55. The summed E-state index contributed by atoms with van der Waals surface area (Å²) in [6, 6.07) is 14.2. The van der Waals surface area contributed by atoms with Crippen LogP contribution in [0.25, 0.3) is 0 Å². The molecule has 0 aliphatic heterocycles. The fraction of sp³-hybridized carbons (Fsp3) is 0.118. The standard InChI is InChI=1S/C17H15N5O4S/c1-22-15(21-26-17(22)27)14(11-6-3-2-4-7-11)20-25-10-12-8-5-9-13(18-12)19-16(23)24/h2-9H,10H2,1H3,(H,18,19)(H,23,24)/b20-14-. The van der Waals surface area contributed by atoms with E-state index in [1.54, 1.807) is 23.7 Å². The van der Waals surface area contributed by atoms with E-state index < -0.39 is 6.09 Å². The van der Waals surface area contributed by atoms with Gasteiger partial charge in [-0.15, -0.1) is 0 Å². The van der Waals surface area contributed by atoms with Gasteiger partial charge in [0.05, 0.1) is 5.69 Å². The number of carbonyl (C=O) groups is 1. The van der Waals surface area contributed by atoms with E-state index in [4.69, 9.17) is 26.7 Å². The Morgan fingerprint density at radius 1 is 1.30 bits per heavy atom. The molecule has 9 nitrogen and oxygen atoms in total. The molecule has 2 aromatic heterocycles. The zero-order chi connectivity index (χ0) is 19.2. The van der Waals surface area contributed by atoms with Crippen molar-refractivity contribution in [3.05, 3.63) is 70.5 Å². The lowest BCUT2D eigenvalue weighted by atomic mass is 10.1. The summed E-state index contributed by atoms with van der Waals surface area (Å²) in [7, 11) is 1.72. The summed E-state index contributed by atoms with van der Waals surface area (Å²) in [6.07, 6.45) is -1.19. The highest BCUT2D eigenvalue weighted by atomic mass is 32.1. The van der Waals surface area contributed by atoms with Gasteiger partial charge in [-0.05, 0) is 24.4 Å². The first-order valence-corrected chi connectivity index (χ1v) is 8.20. The molecule has 0 spiro atoms. The van der Waals surface area contributed by atoms with Gasteiger partial charge in [-0.2, -0.15) is 0 Å². The first-order valence-electron chi connectivity index (χ1n) is 7.79. The van der Waals surface area contributed by atoms with Crippen LogP contribution in [0.3, 0.4) is 0 Å². The van der Waals surface area contributed by atoms with Gasteiger partial charge in [0, 0.05) is 12.6 Å². The minimum atomic E-state index is -1.19. The number of carboxylic acid groups (broad SMARTS) is 1. The second kappa shape index (κ2) is 8.23. The van der Waals surface area contributed by atoms with Crippen LogP contribution in [-0.2, 0) is 18.5 Å². The van der Waals surface area contributed by atoms with E-state index in [0.29, 0.717) is 17.2 Å². The van der Waals surface area contributed by atoms with Gasteiger partial charge in [-0.25, -0.2) is 9.78 Å². The van der Waals surface area contributed by atoms with Crippen molar-refractivity contribution in [2.45, 2.75) is 6.61 Å². The monoisotopic (exact) mass is 385 g/mol. The van der Waals surface area contributed by atoms with Crippen LogP contribution in [0.4, 0.5) is 10.6 Å². The number of amides is 1. The van der Waals surface area contributed by atoms with Gasteiger partial charge in [-0.3, -0.25) is 9.88 Å². The number of oxime groups is 1. The Bertz CT molecular complexity index is 1030. The molecule has 0 aliphatic carbocycles. The second-order valence-electron chi connectivity index (χ2n) is 5.35. The zero-order valence-corrected chi connectivity index (χ0v) is 15.0. The number of rotatable bonds is 6. The van der Waals surface area contributed by atoms with E-state index in [0.717, 1.165) is 5.56 Å². The SMILES string of the molecule is Cn1c(/C(=N\OCc2cccc(NC(=O)O)n2)c2ccccc2)noc1=S. The molecule has 138 valence electrons. The summed E-state index contributed by atoms with van der Waals surface area (Å²) in [4.78, 5) is 20.5. The molecule has 3 rings (SSSR count). The largest absolute Gasteiger partial charge is 0.465 e. The summed E-state index contributed by atoms with van der Waals surface area (Å²) in [5.74, 6) is 0.620. The highest BCUT2D eigenvalue weighted by Crippen LogP contribution is 2.12. The van der Waals surface area contributed by atoms with Crippen molar-refractivity contribution >= 4 is 29.8 Å².